The van der Waals surface area contributed by atoms with Crippen LogP contribution in [0.5, 0.6) is 0 Å². The third kappa shape index (κ3) is 4.02. The number of fused-ring (bicyclic) bond motifs is 1. The standard InChI is InChI=1S/C24H26N4O3S/c29-24(19-9-4-10-20(15-19)28-13-6-14-32(28,30)31)26-22-11-5-12-23-21(22)16-25-27(23)17-18-7-2-1-3-8-18/h1-4,7-10,15-16,22H,5-6,11-14,17H2,(H,26,29). The highest BCUT2D eigenvalue weighted by atomic mass is 32.2. The lowest BCUT2D eigenvalue weighted by Gasteiger charge is -2.24. The Morgan fingerprint density at radius 3 is 2.72 bits per heavy atom. The van der Waals surface area contributed by atoms with Gasteiger partial charge in [0.1, 0.15) is 0 Å². The molecule has 1 atom stereocenters. The van der Waals surface area contributed by atoms with Crippen LogP contribution >= 0.6 is 0 Å². The van der Waals surface area contributed by atoms with Crippen LogP contribution < -0.4 is 9.62 Å². The molecule has 1 unspecified atom stereocenters. The third-order valence-electron chi connectivity index (χ3n) is 6.24. The molecule has 0 radical (unpaired) electrons. The molecule has 5 rings (SSSR count). The molecule has 1 aliphatic carbocycles. The zero-order chi connectivity index (χ0) is 22.1. The molecule has 1 fully saturated rings. The van der Waals surface area contributed by atoms with Crippen LogP contribution in [0, 0.1) is 0 Å². The topological polar surface area (TPSA) is 84.3 Å². The quantitative estimate of drug-likeness (QED) is 0.647. The van der Waals surface area contributed by atoms with E-state index in [-0.39, 0.29) is 17.7 Å². The molecule has 32 heavy (non-hydrogen) atoms. The molecule has 2 heterocycles. The largest absolute Gasteiger partial charge is 0.345 e. The molecule has 2 aliphatic rings. The van der Waals surface area contributed by atoms with Crippen molar-refractivity contribution >= 4 is 21.6 Å². The van der Waals surface area contributed by atoms with Gasteiger partial charge in [0.25, 0.3) is 5.91 Å². The molecular formula is C24H26N4O3S. The summed E-state index contributed by atoms with van der Waals surface area (Å²) < 4.78 is 27.9. The molecule has 0 saturated carbocycles. The SMILES string of the molecule is O=C(NC1CCCc2c1cnn2Cc1ccccc1)c1cccc(N2CCCS2(=O)=O)c1. The van der Waals surface area contributed by atoms with Gasteiger partial charge in [-0.05, 0) is 49.4 Å². The van der Waals surface area contributed by atoms with Crippen LogP contribution in [-0.2, 0) is 23.0 Å². The number of carbonyl (C=O) groups excluding carboxylic acids is 1. The number of rotatable bonds is 5. The summed E-state index contributed by atoms with van der Waals surface area (Å²) in [5, 5.41) is 7.74. The van der Waals surface area contributed by atoms with Crippen LogP contribution in [0.25, 0.3) is 0 Å². The Hall–Kier alpha value is -3.13. The number of nitrogens with one attached hydrogen (secondary N) is 1. The van der Waals surface area contributed by atoms with Crippen molar-refractivity contribution in [2.45, 2.75) is 38.3 Å². The van der Waals surface area contributed by atoms with Gasteiger partial charge in [-0.2, -0.15) is 5.10 Å². The summed E-state index contributed by atoms with van der Waals surface area (Å²) in [6.45, 7) is 1.17. The Morgan fingerprint density at radius 1 is 1.09 bits per heavy atom. The van der Waals surface area contributed by atoms with Crippen molar-refractivity contribution in [2.75, 3.05) is 16.6 Å². The summed E-state index contributed by atoms with van der Waals surface area (Å²) in [5.74, 6) is -0.0431. The minimum atomic E-state index is -3.28. The molecule has 1 saturated heterocycles. The van der Waals surface area contributed by atoms with Gasteiger partial charge in [-0.1, -0.05) is 36.4 Å². The van der Waals surface area contributed by atoms with E-state index in [1.807, 2.05) is 29.1 Å². The average Bonchev–Trinajstić information content (AvgIpc) is 3.37. The van der Waals surface area contributed by atoms with Crippen molar-refractivity contribution in [1.29, 1.82) is 0 Å². The number of amides is 1. The van der Waals surface area contributed by atoms with Crippen LogP contribution in [0.2, 0.25) is 0 Å². The number of hydrogen-bond acceptors (Lipinski definition) is 4. The van der Waals surface area contributed by atoms with Gasteiger partial charge in [0, 0.05) is 23.4 Å². The fourth-order valence-corrected chi connectivity index (χ4v) is 6.19. The summed E-state index contributed by atoms with van der Waals surface area (Å²) in [5.41, 5.74) is 4.45. The molecule has 0 spiro atoms. The first-order valence-corrected chi connectivity index (χ1v) is 12.6. The Labute approximate surface area is 188 Å². The number of hydrogen-bond donors (Lipinski definition) is 1. The molecule has 2 aromatic carbocycles. The van der Waals surface area contributed by atoms with Crippen molar-refractivity contribution in [3.63, 3.8) is 0 Å². The van der Waals surface area contributed by atoms with E-state index in [0.29, 0.717) is 30.8 Å². The minimum absolute atomic E-state index is 0.102. The Kier molecular flexibility index (Phi) is 5.46. The van der Waals surface area contributed by atoms with E-state index >= 15 is 0 Å². The Balaban J connectivity index is 1.34. The minimum Gasteiger partial charge on any atom is -0.345 e. The van der Waals surface area contributed by atoms with Gasteiger partial charge in [-0.25, -0.2) is 8.42 Å². The molecule has 7 nitrogen and oxygen atoms in total. The molecular weight excluding hydrogens is 424 g/mol. The Morgan fingerprint density at radius 2 is 1.94 bits per heavy atom. The van der Waals surface area contributed by atoms with E-state index < -0.39 is 10.0 Å². The normalized spacial score (nSPS) is 19.5. The highest BCUT2D eigenvalue weighted by Gasteiger charge is 2.29. The molecule has 3 aromatic rings. The maximum absolute atomic E-state index is 13.0. The molecule has 1 aromatic heterocycles. The number of aromatic nitrogens is 2. The number of anilines is 1. The van der Waals surface area contributed by atoms with Gasteiger partial charge in [-0.15, -0.1) is 0 Å². The fourth-order valence-electron chi connectivity index (χ4n) is 4.63. The highest BCUT2D eigenvalue weighted by molar-refractivity contribution is 7.93. The summed E-state index contributed by atoms with van der Waals surface area (Å²) in [6.07, 6.45) is 5.25. The van der Waals surface area contributed by atoms with Crippen molar-refractivity contribution in [1.82, 2.24) is 15.1 Å². The van der Waals surface area contributed by atoms with E-state index in [0.717, 1.165) is 24.8 Å². The molecule has 1 amide bonds. The van der Waals surface area contributed by atoms with E-state index in [9.17, 15) is 13.2 Å². The lowest BCUT2D eigenvalue weighted by Crippen LogP contribution is -2.31. The first kappa shape index (κ1) is 20.8. The predicted octanol–water partition coefficient (Wildman–Crippen LogP) is 3.28. The van der Waals surface area contributed by atoms with E-state index in [4.69, 9.17) is 0 Å². The average molecular weight is 451 g/mol. The summed E-state index contributed by atoms with van der Waals surface area (Å²) in [7, 11) is -3.28. The number of sulfonamides is 1. The second kappa shape index (κ2) is 8.43. The zero-order valence-corrected chi connectivity index (χ0v) is 18.6. The van der Waals surface area contributed by atoms with E-state index in [2.05, 4.69) is 22.5 Å². The van der Waals surface area contributed by atoms with Crippen molar-refractivity contribution in [2.24, 2.45) is 0 Å². The molecule has 1 N–H and O–H groups in total. The number of nitrogens with zero attached hydrogens (tertiary/aromatic N) is 3. The molecule has 8 heteroatoms. The van der Waals surface area contributed by atoms with Gasteiger partial charge >= 0.3 is 0 Å². The van der Waals surface area contributed by atoms with Crippen molar-refractivity contribution in [3.05, 3.63) is 83.2 Å². The monoisotopic (exact) mass is 450 g/mol. The van der Waals surface area contributed by atoms with Crippen LogP contribution in [0.4, 0.5) is 5.69 Å². The first-order chi connectivity index (χ1) is 15.5. The maximum Gasteiger partial charge on any atom is 0.251 e. The van der Waals surface area contributed by atoms with Crippen LogP contribution in [0.3, 0.4) is 0 Å². The van der Waals surface area contributed by atoms with Gasteiger partial charge in [0.15, 0.2) is 0 Å². The van der Waals surface area contributed by atoms with E-state index in [1.165, 1.54) is 15.6 Å². The van der Waals surface area contributed by atoms with Crippen LogP contribution in [-0.4, -0.2) is 36.4 Å². The number of carbonyl (C=O) groups is 1. The van der Waals surface area contributed by atoms with Gasteiger partial charge in [0.05, 0.1) is 30.2 Å². The molecule has 0 bridgehead atoms. The number of benzene rings is 2. The lowest BCUT2D eigenvalue weighted by molar-refractivity contribution is 0.0932. The van der Waals surface area contributed by atoms with Gasteiger partial charge in [-0.3, -0.25) is 13.8 Å². The first-order valence-electron chi connectivity index (χ1n) is 11.0. The maximum atomic E-state index is 13.0. The lowest BCUT2D eigenvalue weighted by atomic mass is 9.92. The second-order valence-corrected chi connectivity index (χ2v) is 10.4. The van der Waals surface area contributed by atoms with Gasteiger partial charge in [0.2, 0.25) is 10.0 Å². The van der Waals surface area contributed by atoms with Crippen molar-refractivity contribution in [3.8, 4) is 0 Å². The molecule has 1 aliphatic heterocycles. The second-order valence-electron chi connectivity index (χ2n) is 8.40. The highest BCUT2D eigenvalue weighted by Crippen LogP contribution is 2.31. The van der Waals surface area contributed by atoms with E-state index in [1.54, 1.807) is 24.3 Å². The Bertz CT molecular complexity index is 1240. The summed E-state index contributed by atoms with van der Waals surface area (Å²) >= 11 is 0. The smallest absolute Gasteiger partial charge is 0.251 e. The molecule has 166 valence electrons. The third-order valence-corrected chi connectivity index (χ3v) is 8.11. The zero-order valence-electron chi connectivity index (χ0n) is 17.8. The predicted molar refractivity (Wildman–Crippen MR) is 123 cm³/mol. The van der Waals surface area contributed by atoms with Crippen LogP contribution in [0.15, 0.2) is 60.8 Å². The van der Waals surface area contributed by atoms with Gasteiger partial charge < -0.3 is 5.32 Å². The van der Waals surface area contributed by atoms with Crippen LogP contribution in [0.1, 0.15) is 52.5 Å². The summed E-state index contributed by atoms with van der Waals surface area (Å²) in [6, 6.07) is 17.0. The van der Waals surface area contributed by atoms with Crippen molar-refractivity contribution < 1.29 is 13.2 Å². The fraction of sp³-hybridized carbons (Fsp3) is 0.333. The summed E-state index contributed by atoms with van der Waals surface area (Å²) in [4.78, 5) is 13.0.